The smallest absolute Gasteiger partial charge is 0.251 e. The van der Waals surface area contributed by atoms with Crippen LogP contribution in [0.1, 0.15) is 46.3 Å². The summed E-state index contributed by atoms with van der Waals surface area (Å²) in [6, 6.07) is 36.4. The molecular weight excluding hydrogens is 530 g/mol. The van der Waals surface area contributed by atoms with Crippen LogP contribution in [-0.2, 0) is 17.8 Å². The molecule has 43 heavy (non-hydrogen) atoms. The first-order chi connectivity index (χ1) is 21.1. The summed E-state index contributed by atoms with van der Waals surface area (Å²) in [6.07, 6.45) is 7.85. The molecular formula is C38H41N3O2. The Labute approximate surface area is 255 Å². The van der Waals surface area contributed by atoms with Gasteiger partial charge in [-0.3, -0.25) is 9.59 Å². The predicted molar refractivity (Wildman–Crippen MR) is 176 cm³/mol. The summed E-state index contributed by atoms with van der Waals surface area (Å²) in [5, 5.41) is 3.08. The number of carbonyl (C=O) groups excluding carboxylic acids is 2. The second kappa shape index (κ2) is 15.7. The van der Waals surface area contributed by atoms with Gasteiger partial charge in [-0.2, -0.15) is 0 Å². The van der Waals surface area contributed by atoms with Crippen LogP contribution in [-0.4, -0.2) is 54.3 Å². The SMILES string of the molecule is O=C(NCCN1CCCC1)c1cccc(-c2cccc(CN(CCCc3ccccc3)C(=O)/C=C/c3ccccc3)c2)c1. The molecule has 5 rings (SSSR count). The molecule has 5 nitrogen and oxygen atoms in total. The van der Waals surface area contributed by atoms with Gasteiger partial charge < -0.3 is 15.1 Å². The minimum Gasteiger partial charge on any atom is -0.351 e. The minimum absolute atomic E-state index is 0.00471. The zero-order chi connectivity index (χ0) is 29.7. The largest absolute Gasteiger partial charge is 0.351 e. The van der Waals surface area contributed by atoms with E-state index in [-0.39, 0.29) is 11.8 Å². The monoisotopic (exact) mass is 571 g/mol. The van der Waals surface area contributed by atoms with Crippen LogP contribution in [0.5, 0.6) is 0 Å². The van der Waals surface area contributed by atoms with Gasteiger partial charge in [-0.15, -0.1) is 0 Å². The van der Waals surface area contributed by atoms with E-state index in [4.69, 9.17) is 0 Å². The number of aryl methyl sites for hydroxylation is 1. The maximum atomic E-state index is 13.4. The van der Waals surface area contributed by atoms with Gasteiger partial charge >= 0.3 is 0 Å². The van der Waals surface area contributed by atoms with E-state index in [1.165, 1.54) is 18.4 Å². The van der Waals surface area contributed by atoms with E-state index in [0.717, 1.165) is 54.7 Å². The lowest BCUT2D eigenvalue weighted by Crippen LogP contribution is -2.33. The lowest BCUT2D eigenvalue weighted by molar-refractivity contribution is -0.126. The van der Waals surface area contributed by atoms with Crippen LogP contribution in [0.4, 0.5) is 0 Å². The Bertz CT molecular complexity index is 1490. The summed E-state index contributed by atoms with van der Waals surface area (Å²) >= 11 is 0. The number of nitrogens with one attached hydrogen (secondary N) is 1. The number of rotatable bonds is 13. The zero-order valence-corrected chi connectivity index (χ0v) is 24.8. The van der Waals surface area contributed by atoms with Gasteiger partial charge in [-0.1, -0.05) is 91.0 Å². The highest BCUT2D eigenvalue weighted by Crippen LogP contribution is 2.23. The Morgan fingerprint density at radius 2 is 1.44 bits per heavy atom. The number of amides is 2. The fourth-order valence-electron chi connectivity index (χ4n) is 5.57. The molecule has 0 aliphatic carbocycles. The second-order valence-electron chi connectivity index (χ2n) is 11.2. The minimum atomic E-state index is -0.0439. The average Bonchev–Trinajstić information content (AvgIpc) is 3.58. The van der Waals surface area contributed by atoms with Crippen molar-refractivity contribution in [3.8, 4) is 11.1 Å². The summed E-state index contributed by atoms with van der Waals surface area (Å²) in [5.41, 5.74) is 6.01. The molecule has 1 N–H and O–H groups in total. The van der Waals surface area contributed by atoms with Crippen LogP contribution in [0.15, 0.2) is 115 Å². The van der Waals surface area contributed by atoms with Gasteiger partial charge in [0, 0.05) is 37.8 Å². The molecule has 5 heteroatoms. The first-order valence-corrected chi connectivity index (χ1v) is 15.4. The predicted octanol–water partition coefficient (Wildman–Crippen LogP) is 6.85. The number of likely N-dealkylation sites (tertiary alicyclic amines) is 1. The Hall–Kier alpha value is -4.48. The molecule has 1 aliphatic heterocycles. The fraction of sp³-hybridized carbons (Fsp3) is 0.263. The van der Waals surface area contributed by atoms with Crippen molar-refractivity contribution in [3.05, 3.63) is 138 Å². The molecule has 0 unspecified atom stereocenters. The van der Waals surface area contributed by atoms with Crippen molar-refractivity contribution in [3.63, 3.8) is 0 Å². The van der Waals surface area contributed by atoms with Crippen LogP contribution in [0.2, 0.25) is 0 Å². The standard InChI is InChI=1S/C38H41N3O2/c42-37(22-21-32-14-5-2-6-15-32)41(26-11-17-31-12-3-1-4-13-31)30-33-16-9-18-34(28-33)35-19-10-20-36(29-35)38(43)39-23-27-40-24-7-8-25-40/h1-6,9-10,12-16,18-22,28-29H,7-8,11,17,23-27,30H2,(H,39,43)/b22-21+. The fourth-order valence-corrected chi connectivity index (χ4v) is 5.57. The first kappa shape index (κ1) is 30.0. The first-order valence-electron chi connectivity index (χ1n) is 15.4. The summed E-state index contributed by atoms with van der Waals surface area (Å²) in [7, 11) is 0. The Balaban J connectivity index is 1.26. The summed E-state index contributed by atoms with van der Waals surface area (Å²) in [6.45, 7) is 4.98. The highest BCUT2D eigenvalue weighted by atomic mass is 16.2. The maximum Gasteiger partial charge on any atom is 0.251 e. The Morgan fingerprint density at radius 3 is 2.21 bits per heavy atom. The van der Waals surface area contributed by atoms with Crippen molar-refractivity contribution >= 4 is 17.9 Å². The van der Waals surface area contributed by atoms with E-state index in [2.05, 4.69) is 52.7 Å². The number of benzene rings is 4. The summed E-state index contributed by atoms with van der Waals surface area (Å²) < 4.78 is 0. The van der Waals surface area contributed by atoms with Gasteiger partial charge in [0.2, 0.25) is 5.91 Å². The number of carbonyl (C=O) groups is 2. The van der Waals surface area contributed by atoms with Crippen LogP contribution < -0.4 is 5.32 Å². The molecule has 0 radical (unpaired) electrons. The highest BCUT2D eigenvalue weighted by Gasteiger charge is 2.14. The summed E-state index contributed by atoms with van der Waals surface area (Å²) in [5.74, 6) is -0.0486. The van der Waals surface area contributed by atoms with E-state index in [1.54, 1.807) is 6.08 Å². The zero-order valence-electron chi connectivity index (χ0n) is 24.8. The van der Waals surface area contributed by atoms with Gasteiger partial charge in [-0.25, -0.2) is 0 Å². The van der Waals surface area contributed by atoms with Gasteiger partial charge in [0.1, 0.15) is 0 Å². The van der Waals surface area contributed by atoms with Crippen molar-refractivity contribution in [1.29, 1.82) is 0 Å². The molecule has 2 amide bonds. The molecule has 4 aromatic carbocycles. The van der Waals surface area contributed by atoms with Crippen molar-refractivity contribution in [2.75, 3.05) is 32.7 Å². The molecule has 0 saturated carbocycles. The molecule has 1 saturated heterocycles. The van der Waals surface area contributed by atoms with E-state index in [0.29, 0.717) is 25.2 Å². The number of nitrogens with zero attached hydrogens (tertiary/aromatic N) is 2. The normalized spacial score (nSPS) is 13.3. The molecule has 1 heterocycles. The Morgan fingerprint density at radius 1 is 0.767 bits per heavy atom. The quantitative estimate of drug-likeness (QED) is 0.179. The third-order valence-corrected chi connectivity index (χ3v) is 7.94. The van der Waals surface area contributed by atoms with Crippen molar-refractivity contribution in [1.82, 2.24) is 15.1 Å². The topological polar surface area (TPSA) is 52.7 Å². The highest BCUT2D eigenvalue weighted by molar-refractivity contribution is 5.95. The number of hydrogen-bond donors (Lipinski definition) is 1. The van der Waals surface area contributed by atoms with E-state index < -0.39 is 0 Å². The maximum absolute atomic E-state index is 13.4. The summed E-state index contributed by atoms with van der Waals surface area (Å²) in [4.78, 5) is 30.6. The van der Waals surface area contributed by atoms with Crippen LogP contribution in [0.3, 0.4) is 0 Å². The van der Waals surface area contributed by atoms with E-state index in [1.807, 2.05) is 77.7 Å². The molecule has 0 aromatic heterocycles. The third-order valence-electron chi connectivity index (χ3n) is 7.94. The molecule has 1 aliphatic rings. The van der Waals surface area contributed by atoms with Gasteiger partial charge in [0.25, 0.3) is 5.91 Å². The van der Waals surface area contributed by atoms with Crippen molar-refractivity contribution in [2.24, 2.45) is 0 Å². The van der Waals surface area contributed by atoms with Crippen LogP contribution in [0.25, 0.3) is 17.2 Å². The Kier molecular flexibility index (Phi) is 10.9. The molecule has 0 bridgehead atoms. The van der Waals surface area contributed by atoms with Gasteiger partial charge in [-0.05, 0) is 90.9 Å². The van der Waals surface area contributed by atoms with Crippen LogP contribution in [0, 0.1) is 0 Å². The number of hydrogen-bond acceptors (Lipinski definition) is 3. The lowest BCUT2D eigenvalue weighted by Gasteiger charge is -2.22. The average molecular weight is 572 g/mol. The van der Waals surface area contributed by atoms with Crippen molar-refractivity contribution < 1.29 is 9.59 Å². The molecule has 220 valence electrons. The molecule has 4 aromatic rings. The molecule has 1 fully saturated rings. The van der Waals surface area contributed by atoms with Crippen molar-refractivity contribution in [2.45, 2.75) is 32.2 Å². The molecule has 0 spiro atoms. The third kappa shape index (κ3) is 9.25. The van der Waals surface area contributed by atoms with Gasteiger partial charge in [0.05, 0.1) is 0 Å². The second-order valence-corrected chi connectivity index (χ2v) is 11.2. The van der Waals surface area contributed by atoms with E-state index in [9.17, 15) is 9.59 Å². The lowest BCUT2D eigenvalue weighted by atomic mass is 10.0. The van der Waals surface area contributed by atoms with Gasteiger partial charge in [0.15, 0.2) is 0 Å². The van der Waals surface area contributed by atoms with Crippen LogP contribution >= 0.6 is 0 Å². The molecule has 0 atom stereocenters. The van der Waals surface area contributed by atoms with E-state index >= 15 is 0 Å².